The van der Waals surface area contributed by atoms with Gasteiger partial charge in [0.1, 0.15) is 11.6 Å². The lowest BCUT2D eigenvalue weighted by molar-refractivity contribution is 0.330. The molecule has 1 aliphatic carbocycles. The quantitative estimate of drug-likeness (QED) is 0.816. The number of rotatable bonds is 3. The number of aryl methyl sites for hydroxylation is 1. The van der Waals surface area contributed by atoms with Crippen LogP contribution in [0.1, 0.15) is 37.9 Å². The van der Waals surface area contributed by atoms with E-state index in [9.17, 15) is 0 Å². The summed E-state index contributed by atoms with van der Waals surface area (Å²) in [5.41, 5.74) is 5.97. The molecular weight excluding hydrogens is 200 g/mol. The lowest BCUT2D eigenvalue weighted by Crippen LogP contribution is -2.47. The van der Waals surface area contributed by atoms with E-state index in [0.717, 1.165) is 24.5 Å². The highest BCUT2D eigenvalue weighted by Crippen LogP contribution is 2.30. The maximum Gasteiger partial charge on any atom is 0.130 e. The van der Waals surface area contributed by atoms with Gasteiger partial charge in [0.2, 0.25) is 0 Å². The monoisotopic (exact) mass is 220 g/mol. The third-order valence-corrected chi connectivity index (χ3v) is 3.37. The molecule has 3 N–H and O–H groups in total. The molecule has 0 saturated heterocycles. The molecule has 0 radical (unpaired) electrons. The van der Waals surface area contributed by atoms with E-state index in [1.165, 1.54) is 19.3 Å². The molecule has 1 saturated carbocycles. The Bertz CT molecular complexity index is 345. The van der Waals surface area contributed by atoms with Gasteiger partial charge in [0.05, 0.1) is 5.54 Å². The van der Waals surface area contributed by atoms with Gasteiger partial charge in [-0.25, -0.2) is 9.97 Å². The van der Waals surface area contributed by atoms with Gasteiger partial charge in [-0.2, -0.15) is 0 Å². The first kappa shape index (κ1) is 11.3. The maximum atomic E-state index is 5.92. The van der Waals surface area contributed by atoms with Gasteiger partial charge in [0.15, 0.2) is 0 Å². The van der Waals surface area contributed by atoms with Crippen molar-refractivity contribution in [3.05, 3.63) is 18.1 Å². The fourth-order valence-electron chi connectivity index (χ4n) is 2.41. The van der Waals surface area contributed by atoms with Crippen molar-refractivity contribution in [2.75, 3.05) is 11.9 Å². The predicted octanol–water partition coefficient (Wildman–Crippen LogP) is 1.86. The van der Waals surface area contributed by atoms with Gasteiger partial charge in [-0.05, 0) is 25.8 Å². The Morgan fingerprint density at radius 1 is 1.38 bits per heavy atom. The molecule has 1 aliphatic rings. The minimum absolute atomic E-state index is 0.0546. The van der Waals surface area contributed by atoms with Crippen molar-refractivity contribution in [1.29, 1.82) is 0 Å². The number of anilines is 1. The molecule has 2 rings (SSSR count). The van der Waals surface area contributed by atoms with E-state index in [-0.39, 0.29) is 5.54 Å². The van der Waals surface area contributed by atoms with Crippen LogP contribution in [0.2, 0.25) is 0 Å². The summed E-state index contributed by atoms with van der Waals surface area (Å²) in [6.45, 7) is 2.58. The van der Waals surface area contributed by atoms with Crippen LogP contribution in [-0.2, 0) is 0 Å². The average molecular weight is 220 g/mol. The standard InChI is InChI=1S/C12H20N4/c1-10-14-8-5-11(15-10)16-12(9-13)6-3-2-4-7-12/h5,8H,2-4,6-7,9,13H2,1H3,(H,14,15,16). The van der Waals surface area contributed by atoms with Crippen LogP contribution in [0.4, 0.5) is 5.82 Å². The molecule has 1 aromatic heterocycles. The first-order valence-electron chi connectivity index (χ1n) is 6.02. The van der Waals surface area contributed by atoms with Crippen LogP contribution in [0.3, 0.4) is 0 Å². The summed E-state index contributed by atoms with van der Waals surface area (Å²) in [6.07, 6.45) is 7.92. The van der Waals surface area contributed by atoms with Crippen LogP contribution in [0.15, 0.2) is 12.3 Å². The van der Waals surface area contributed by atoms with E-state index < -0.39 is 0 Å². The van der Waals surface area contributed by atoms with Crippen molar-refractivity contribution in [3.63, 3.8) is 0 Å². The normalized spacial score (nSPS) is 19.4. The molecule has 0 spiro atoms. The topological polar surface area (TPSA) is 63.8 Å². The number of hydrogen-bond donors (Lipinski definition) is 2. The Morgan fingerprint density at radius 2 is 2.12 bits per heavy atom. The third kappa shape index (κ3) is 2.50. The van der Waals surface area contributed by atoms with Crippen LogP contribution >= 0.6 is 0 Å². The zero-order chi connectivity index (χ0) is 11.4. The number of nitrogens with one attached hydrogen (secondary N) is 1. The minimum Gasteiger partial charge on any atom is -0.363 e. The smallest absolute Gasteiger partial charge is 0.130 e. The minimum atomic E-state index is 0.0546. The Labute approximate surface area is 96.7 Å². The molecule has 0 atom stereocenters. The van der Waals surface area contributed by atoms with E-state index in [1.807, 2.05) is 13.0 Å². The van der Waals surface area contributed by atoms with Crippen molar-refractivity contribution in [2.24, 2.45) is 5.73 Å². The molecule has 4 nitrogen and oxygen atoms in total. The van der Waals surface area contributed by atoms with E-state index in [1.54, 1.807) is 6.20 Å². The highest BCUT2D eigenvalue weighted by molar-refractivity contribution is 5.37. The van der Waals surface area contributed by atoms with Gasteiger partial charge in [-0.15, -0.1) is 0 Å². The first-order chi connectivity index (χ1) is 7.74. The second-order valence-corrected chi connectivity index (χ2v) is 4.66. The van der Waals surface area contributed by atoms with Crippen molar-refractivity contribution in [2.45, 2.75) is 44.6 Å². The fourth-order valence-corrected chi connectivity index (χ4v) is 2.41. The van der Waals surface area contributed by atoms with E-state index in [4.69, 9.17) is 5.73 Å². The summed E-state index contributed by atoms with van der Waals surface area (Å²) < 4.78 is 0. The highest BCUT2D eigenvalue weighted by atomic mass is 15.1. The summed E-state index contributed by atoms with van der Waals surface area (Å²) in [4.78, 5) is 8.48. The van der Waals surface area contributed by atoms with E-state index >= 15 is 0 Å². The number of nitrogens with two attached hydrogens (primary N) is 1. The maximum absolute atomic E-state index is 5.92. The summed E-state index contributed by atoms with van der Waals surface area (Å²) in [5.74, 6) is 1.70. The van der Waals surface area contributed by atoms with Gasteiger partial charge in [-0.3, -0.25) is 0 Å². The third-order valence-electron chi connectivity index (χ3n) is 3.37. The molecule has 0 amide bonds. The Kier molecular flexibility index (Phi) is 3.39. The average Bonchev–Trinajstić information content (AvgIpc) is 2.30. The summed E-state index contributed by atoms with van der Waals surface area (Å²) in [7, 11) is 0. The fraction of sp³-hybridized carbons (Fsp3) is 0.667. The lowest BCUT2D eigenvalue weighted by atomic mass is 9.82. The van der Waals surface area contributed by atoms with Crippen molar-refractivity contribution >= 4 is 5.82 Å². The molecule has 1 heterocycles. The van der Waals surface area contributed by atoms with Gasteiger partial charge in [0, 0.05) is 12.7 Å². The van der Waals surface area contributed by atoms with Gasteiger partial charge >= 0.3 is 0 Å². The Balaban J connectivity index is 2.11. The molecule has 16 heavy (non-hydrogen) atoms. The van der Waals surface area contributed by atoms with Gasteiger partial charge in [0.25, 0.3) is 0 Å². The zero-order valence-electron chi connectivity index (χ0n) is 9.87. The van der Waals surface area contributed by atoms with Crippen molar-refractivity contribution < 1.29 is 0 Å². The Morgan fingerprint density at radius 3 is 2.75 bits per heavy atom. The van der Waals surface area contributed by atoms with Crippen LogP contribution in [0.25, 0.3) is 0 Å². The highest BCUT2D eigenvalue weighted by Gasteiger charge is 2.30. The molecule has 0 aliphatic heterocycles. The molecule has 0 aromatic carbocycles. The summed E-state index contributed by atoms with van der Waals surface area (Å²) in [5, 5.41) is 3.51. The number of hydrogen-bond acceptors (Lipinski definition) is 4. The van der Waals surface area contributed by atoms with Crippen molar-refractivity contribution in [3.8, 4) is 0 Å². The van der Waals surface area contributed by atoms with Crippen LogP contribution < -0.4 is 11.1 Å². The molecule has 4 heteroatoms. The van der Waals surface area contributed by atoms with Gasteiger partial charge in [-0.1, -0.05) is 19.3 Å². The van der Waals surface area contributed by atoms with Crippen LogP contribution in [-0.4, -0.2) is 22.1 Å². The van der Waals surface area contributed by atoms with Crippen LogP contribution in [0, 0.1) is 6.92 Å². The molecule has 88 valence electrons. The molecular formula is C12H20N4. The number of aromatic nitrogens is 2. The SMILES string of the molecule is Cc1nccc(NC2(CN)CCCCC2)n1. The summed E-state index contributed by atoms with van der Waals surface area (Å²) in [6, 6.07) is 1.92. The molecule has 1 aromatic rings. The second-order valence-electron chi connectivity index (χ2n) is 4.66. The largest absolute Gasteiger partial charge is 0.363 e. The van der Waals surface area contributed by atoms with Crippen LogP contribution in [0.5, 0.6) is 0 Å². The summed E-state index contributed by atoms with van der Waals surface area (Å²) >= 11 is 0. The number of nitrogens with zero attached hydrogens (tertiary/aromatic N) is 2. The molecule has 1 fully saturated rings. The zero-order valence-corrected chi connectivity index (χ0v) is 9.87. The Hall–Kier alpha value is -1.16. The molecule has 0 unspecified atom stereocenters. The van der Waals surface area contributed by atoms with E-state index in [2.05, 4.69) is 15.3 Å². The lowest BCUT2D eigenvalue weighted by Gasteiger charge is -2.37. The van der Waals surface area contributed by atoms with Gasteiger partial charge < -0.3 is 11.1 Å². The van der Waals surface area contributed by atoms with Crippen molar-refractivity contribution in [1.82, 2.24) is 9.97 Å². The van der Waals surface area contributed by atoms with E-state index in [0.29, 0.717) is 6.54 Å². The predicted molar refractivity (Wildman–Crippen MR) is 65.3 cm³/mol. The second kappa shape index (κ2) is 4.78. The first-order valence-corrected chi connectivity index (χ1v) is 6.02. The molecule has 0 bridgehead atoms.